The van der Waals surface area contributed by atoms with Gasteiger partial charge in [-0.3, -0.25) is 9.67 Å². The smallest absolute Gasteiger partial charge is 0.163 e. The van der Waals surface area contributed by atoms with Crippen molar-refractivity contribution < 1.29 is 0 Å². The van der Waals surface area contributed by atoms with Gasteiger partial charge in [-0.25, -0.2) is 9.97 Å². The number of rotatable bonds is 3. The Morgan fingerprint density at radius 3 is 2.85 bits per heavy atom. The third-order valence-corrected chi connectivity index (χ3v) is 3.19. The van der Waals surface area contributed by atoms with Gasteiger partial charge in [-0.2, -0.15) is 5.10 Å². The molecule has 0 spiro atoms. The van der Waals surface area contributed by atoms with Crippen molar-refractivity contribution in [2.24, 2.45) is 7.05 Å². The molecule has 0 amide bonds. The van der Waals surface area contributed by atoms with Crippen LogP contribution < -0.4 is 4.90 Å². The van der Waals surface area contributed by atoms with Crippen LogP contribution in [0.2, 0.25) is 0 Å². The van der Waals surface area contributed by atoms with Crippen LogP contribution in [-0.4, -0.2) is 31.8 Å². The molecule has 6 heteroatoms. The van der Waals surface area contributed by atoms with E-state index in [1.807, 2.05) is 39.5 Å². The van der Waals surface area contributed by atoms with Crippen LogP contribution in [0, 0.1) is 6.92 Å². The Labute approximate surface area is 117 Å². The van der Waals surface area contributed by atoms with E-state index >= 15 is 0 Å². The third kappa shape index (κ3) is 2.20. The average molecular weight is 268 g/mol. The topological polar surface area (TPSA) is 59.7 Å². The van der Waals surface area contributed by atoms with Crippen molar-refractivity contribution in [3.8, 4) is 0 Å². The lowest BCUT2D eigenvalue weighted by Gasteiger charge is -2.19. The standard InChI is InChI=1S/C14H16N6/c1-10-17-13(12-8-16-20(3)14(12)18-10)19(2)9-11-5-4-6-15-7-11/h4-8H,9H2,1-3H3. The lowest BCUT2D eigenvalue weighted by molar-refractivity contribution is 0.782. The fourth-order valence-electron chi connectivity index (χ4n) is 2.24. The minimum absolute atomic E-state index is 0.744. The van der Waals surface area contributed by atoms with Crippen molar-refractivity contribution in [1.82, 2.24) is 24.7 Å². The van der Waals surface area contributed by atoms with Crippen LogP contribution in [0.25, 0.3) is 11.0 Å². The molecule has 0 bridgehead atoms. The Bertz CT molecular complexity index is 734. The molecule has 0 fully saturated rings. The molecule has 0 N–H and O–H groups in total. The van der Waals surface area contributed by atoms with Crippen LogP contribution >= 0.6 is 0 Å². The highest BCUT2D eigenvalue weighted by Crippen LogP contribution is 2.23. The summed E-state index contributed by atoms with van der Waals surface area (Å²) < 4.78 is 1.77. The maximum atomic E-state index is 4.55. The highest BCUT2D eigenvalue weighted by Gasteiger charge is 2.13. The molecule has 3 aromatic heterocycles. The molecule has 20 heavy (non-hydrogen) atoms. The van der Waals surface area contributed by atoms with E-state index in [1.54, 1.807) is 10.9 Å². The molecule has 6 nitrogen and oxygen atoms in total. The SMILES string of the molecule is Cc1nc(N(C)Cc2cccnc2)c2cnn(C)c2n1. The summed E-state index contributed by atoms with van der Waals surface area (Å²) in [6.07, 6.45) is 5.45. The maximum absolute atomic E-state index is 4.55. The van der Waals surface area contributed by atoms with E-state index in [0.29, 0.717) is 0 Å². The first kappa shape index (κ1) is 12.5. The molecule has 3 rings (SSSR count). The first-order valence-corrected chi connectivity index (χ1v) is 6.41. The Morgan fingerprint density at radius 1 is 1.25 bits per heavy atom. The van der Waals surface area contributed by atoms with E-state index in [2.05, 4.69) is 31.0 Å². The number of pyridine rings is 1. The summed E-state index contributed by atoms with van der Waals surface area (Å²) >= 11 is 0. The van der Waals surface area contributed by atoms with E-state index in [9.17, 15) is 0 Å². The molecule has 0 atom stereocenters. The second kappa shape index (κ2) is 4.88. The molecule has 0 radical (unpaired) electrons. The number of aromatic nitrogens is 5. The molecule has 3 aromatic rings. The van der Waals surface area contributed by atoms with Crippen LogP contribution in [-0.2, 0) is 13.6 Å². The Kier molecular flexibility index (Phi) is 3.06. The molecule has 0 saturated carbocycles. The van der Waals surface area contributed by atoms with Gasteiger partial charge in [0.1, 0.15) is 11.6 Å². The van der Waals surface area contributed by atoms with Gasteiger partial charge in [0, 0.05) is 33.0 Å². The minimum atomic E-state index is 0.744. The molecule has 0 aromatic carbocycles. The van der Waals surface area contributed by atoms with Gasteiger partial charge < -0.3 is 4.90 Å². The Balaban J connectivity index is 2.01. The first-order chi connectivity index (χ1) is 9.65. The predicted octanol–water partition coefficient (Wildman–Crippen LogP) is 1.70. The van der Waals surface area contributed by atoms with Gasteiger partial charge >= 0.3 is 0 Å². The fourth-order valence-corrected chi connectivity index (χ4v) is 2.24. The summed E-state index contributed by atoms with van der Waals surface area (Å²) in [5, 5.41) is 5.22. The van der Waals surface area contributed by atoms with Crippen LogP contribution in [0.4, 0.5) is 5.82 Å². The van der Waals surface area contributed by atoms with Crippen molar-refractivity contribution in [3.05, 3.63) is 42.1 Å². The summed E-state index contributed by atoms with van der Waals surface area (Å²) in [4.78, 5) is 15.2. The number of hydrogen-bond acceptors (Lipinski definition) is 5. The minimum Gasteiger partial charge on any atom is -0.355 e. The molecule has 0 saturated heterocycles. The number of hydrogen-bond donors (Lipinski definition) is 0. The molecule has 0 unspecified atom stereocenters. The van der Waals surface area contributed by atoms with Gasteiger partial charge in [-0.1, -0.05) is 6.07 Å². The summed E-state index contributed by atoms with van der Waals surface area (Å²) in [5.74, 6) is 1.64. The first-order valence-electron chi connectivity index (χ1n) is 6.41. The lowest BCUT2D eigenvalue weighted by atomic mass is 10.2. The second-order valence-electron chi connectivity index (χ2n) is 4.82. The van der Waals surface area contributed by atoms with Gasteiger partial charge in [-0.15, -0.1) is 0 Å². The van der Waals surface area contributed by atoms with Crippen molar-refractivity contribution >= 4 is 16.9 Å². The van der Waals surface area contributed by atoms with Gasteiger partial charge in [0.05, 0.1) is 11.6 Å². The van der Waals surface area contributed by atoms with E-state index < -0.39 is 0 Å². The van der Waals surface area contributed by atoms with E-state index in [-0.39, 0.29) is 0 Å². The highest BCUT2D eigenvalue weighted by atomic mass is 15.3. The zero-order chi connectivity index (χ0) is 14.1. The quantitative estimate of drug-likeness (QED) is 0.723. The number of nitrogens with zero attached hydrogens (tertiary/aromatic N) is 6. The van der Waals surface area contributed by atoms with Gasteiger partial charge in [0.25, 0.3) is 0 Å². The summed E-state index contributed by atoms with van der Waals surface area (Å²) in [6, 6.07) is 3.99. The monoisotopic (exact) mass is 268 g/mol. The highest BCUT2D eigenvalue weighted by molar-refractivity contribution is 5.86. The van der Waals surface area contributed by atoms with Gasteiger partial charge in [0.2, 0.25) is 0 Å². The number of aryl methyl sites for hydroxylation is 2. The Hall–Kier alpha value is -2.50. The maximum Gasteiger partial charge on any atom is 0.163 e. The van der Waals surface area contributed by atoms with Crippen LogP contribution in [0.1, 0.15) is 11.4 Å². The van der Waals surface area contributed by atoms with E-state index in [0.717, 1.165) is 34.8 Å². The molecule has 3 heterocycles. The largest absolute Gasteiger partial charge is 0.355 e. The van der Waals surface area contributed by atoms with E-state index in [1.165, 1.54) is 0 Å². The predicted molar refractivity (Wildman–Crippen MR) is 77.4 cm³/mol. The normalized spacial score (nSPS) is 10.9. The van der Waals surface area contributed by atoms with Crippen LogP contribution in [0.5, 0.6) is 0 Å². The van der Waals surface area contributed by atoms with E-state index in [4.69, 9.17) is 0 Å². The number of fused-ring (bicyclic) bond motifs is 1. The zero-order valence-corrected chi connectivity index (χ0v) is 11.8. The lowest BCUT2D eigenvalue weighted by Crippen LogP contribution is -2.18. The zero-order valence-electron chi connectivity index (χ0n) is 11.8. The summed E-state index contributed by atoms with van der Waals surface area (Å²) in [5.41, 5.74) is 1.99. The second-order valence-corrected chi connectivity index (χ2v) is 4.82. The molecule has 102 valence electrons. The summed E-state index contributed by atoms with van der Waals surface area (Å²) in [6.45, 7) is 2.64. The molecule has 0 aliphatic heterocycles. The molecular formula is C14H16N6. The molecular weight excluding hydrogens is 252 g/mol. The molecule has 0 aliphatic rings. The van der Waals surface area contributed by atoms with Crippen molar-refractivity contribution in [1.29, 1.82) is 0 Å². The Morgan fingerprint density at radius 2 is 2.10 bits per heavy atom. The fraction of sp³-hybridized carbons (Fsp3) is 0.286. The van der Waals surface area contributed by atoms with Crippen LogP contribution in [0.3, 0.4) is 0 Å². The van der Waals surface area contributed by atoms with Crippen molar-refractivity contribution in [2.75, 3.05) is 11.9 Å². The third-order valence-electron chi connectivity index (χ3n) is 3.19. The van der Waals surface area contributed by atoms with Crippen molar-refractivity contribution in [3.63, 3.8) is 0 Å². The van der Waals surface area contributed by atoms with Gasteiger partial charge in [-0.05, 0) is 18.6 Å². The molecule has 0 aliphatic carbocycles. The van der Waals surface area contributed by atoms with Crippen molar-refractivity contribution in [2.45, 2.75) is 13.5 Å². The van der Waals surface area contributed by atoms with Gasteiger partial charge in [0.15, 0.2) is 5.65 Å². The average Bonchev–Trinajstić information content (AvgIpc) is 2.81. The number of anilines is 1. The summed E-state index contributed by atoms with van der Waals surface area (Å²) in [7, 11) is 3.90. The van der Waals surface area contributed by atoms with Crippen LogP contribution in [0.15, 0.2) is 30.7 Å².